The van der Waals surface area contributed by atoms with E-state index in [1.165, 1.54) is 7.11 Å². The zero-order valence-electron chi connectivity index (χ0n) is 14.4. The number of ether oxygens (including phenoxy) is 4. The third-order valence-electron chi connectivity index (χ3n) is 3.61. The van der Waals surface area contributed by atoms with Gasteiger partial charge < -0.3 is 24.3 Å². The third kappa shape index (κ3) is 3.53. The van der Waals surface area contributed by atoms with Gasteiger partial charge >= 0.3 is 0 Å². The van der Waals surface area contributed by atoms with Gasteiger partial charge in [-0.25, -0.2) is 0 Å². The molecule has 0 bridgehead atoms. The first-order chi connectivity index (χ1) is 11.5. The van der Waals surface area contributed by atoms with Gasteiger partial charge in [-0.3, -0.25) is 4.79 Å². The van der Waals surface area contributed by atoms with Crippen LogP contribution in [0, 0.1) is 6.92 Å². The van der Waals surface area contributed by atoms with Gasteiger partial charge in [-0.15, -0.1) is 0 Å². The first-order valence-electron chi connectivity index (χ1n) is 7.30. The highest BCUT2D eigenvalue weighted by molar-refractivity contribution is 6.05. The van der Waals surface area contributed by atoms with Gasteiger partial charge in [-0.05, 0) is 36.8 Å². The van der Waals surface area contributed by atoms with Gasteiger partial charge in [-0.1, -0.05) is 0 Å². The standard InChI is InChI=1S/C18H21NO5/c1-11-8-16(23-4)13(10-15(11)22-3)19-18(20)12-6-7-14(21-2)17(9-12)24-5/h6-10H,1-5H3,(H,19,20). The highest BCUT2D eigenvalue weighted by Crippen LogP contribution is 2.33. The third-order valence-corrected chi connectivity index (χ3v) is 3.61. The van der Waals surface area contributed by atoms with E-state index in [0.717, 1.165) is 5.56 Å². The molecule has 24 heavy (non-hydrogen) atoms. The number of methoxy groups -OCH3 is 4. The van der Waals surface area contributed by atoms with Crippen LogP contribution in [0.2, 0.25) is 0 Å². The SMILES string of the molecule is COc1cc(NC(=O)c2ccc(OC)c(OC)c2)c(OC)cc1C. The van der Waals surface area contributed by atoms with E-state index in [-0.39, 0.29) is 5.91 Å². The molecule has 0 saturated carbocycles. The normalized spacial score (nSPS) is 10.0. The molecule has 0 heterocycles. The van der Waals surface area contributed by atoms with E-state index in [1.807, 2.05) is 13.0 Å². The molecular formula is C18H21NO5. The van der Waals surface area contributed by atoms with Crippen LogP contribution in [0.4, 0.5) is 5.69 Å². The number of carbonyl (C=O) groups is 1. The Morgan fingerprint density at radius 3 is 2.00 bits per heavy atom. The van der Waals surface area contributed by atoms with E-state index in [4.69, 9.17) is 18.9 Å². The number of carbonyl (C=O) groups excluding carboxylic acids is 1. The van der Waals surface area contributed by atoms with Crippen LogP contribution in [0.25, 0.3) is 0 Å². The molecule has 1 N–H and O–H groups in total. The molecule has 0 spiro atoms. The quantitative estimate of drug-likeness (QED) is 0.880. The Kier molecular flexibility index (Phi) is 5.52. The Balaban J connectivity index is 2.32. The van der Waals surface area contributed by atoms with Crippen LogP contribution in [0.3, 0.4) is 0 Å². The predicted molar refractivity (Wildman–Crippen MR) is 91.8 cm³/mol. The fraction of sp³-hybridized carbons (Fsp3) is 0.278. The van der Waals surface area contributed by atoms with Gasteiger partial charge in [0.05, 0.1) is 34.1 Å². The molecule has 0 saturated heterocycles. The number of nitrogens with one attached hydrogen (secondary N) is 1. The van der Waals surface area contributed by atoms with Crippen molar-refractivity contribution in [2.24, 2.45) is 0 Å². The molecule has 0 aliphatic heterocycles. The summed E-state index contributed by atoms with van der Waals surface area (Å²) in [6.07, 6.45) is 0. The molecule has 0 radical (unpaired) electrons. The molecule has 2 aromatic carbocycles. The van der Waals surface area contributed by atoms with E-state index >= 15 is 0 Å². The molecule has 0 aromatic heterocycles. The van der Waals surface area contributed by atoms with Crippen LogP contribution in [-0.2, 0) is 0 Å². The summed E-state index contributed by atoms with van der Waals surface area (Å²) in [4.78, 5) is 12.5. The minimum absolute atomic E-state index is 0.292. The monoisotopic (exact) mass is 331 g/mol. The van der Waals surface area contributed by atoms with Crippen molar-refractivity contribution < 1.29 is 23.7 Å². The summed E-state index contributed by atoms with van der Waals surface area (Å²) in [5.41, 5.74) is 1.88. The van der Waals surface area contributed by atoms with Gasteiger partial charge in [0.25, 0.3) is 5.91 Å². The van der Waals surface area contributed by atoms with Crippen molar-refractivity contribution in [3.63, 3.8) is 0 Å². The average molecular weight is 331 g/mol. The van der Waals surface area contributed by atoms with Crippen LogP contribution in [-0.4, -0.2) is 34.3 Å². The Hall–Kier alpha value is -2.89. The maximum Gasteiger partial charge on any atom is 0.255 e. The first kappa shape index (κ1) is 17.5. The van der Waals surface area contributed by atoms with E-state index in [0.29, 0.717) is 34.2 Å². The van der Waals surface area contributed by atoms with Crippen LogP contribution < -0.4 is 24.3 Å². The topological polar surface area (TPSA) is 66.0 Å². The zero-order chi connectivity index (χ0) is 17.7. The summed E-state index contributed by atoms with van der Waals surface area (Å²) in [7, 11) is 6.19. The molecule has 6 heteroatoms. The Labute approximate surface area is 141 Å². The lowest BCUT2D eigenvalue weighted by atomic mass is 10.1. The van der Waals surface area contributed by atoms with E-state index in [9.17, 15) is 4.79 Å². The van der Waals surface area contributed by atoms with E-state index < -0.39 is 0 Å². The molecule has 1 amide bonds. The summed E-state index contributed by atoms with van der Waals surface area (Å²) in [6.45, 7) is 1.90. The molecular weight excluding hydrogens is 310 g/mol. The van der Waals surface area contributed by atoms with Gasteiger partial charge in [0.2, 0.25) is 0 Å². The van der Waals surface area contributed by atoms with Crippen LogP contribution in [0.1, 0.15) is 15.9 Å². The lowest BCUT2D eigenvalue weighted by molar-refractivity contribution is 0.102. The fourth-order valence-electron chi connectivity index (χ4n) is 2.32. The average Bonchev–Trinajstić information content (AvgIpc) is 2.61. The summed E-state index contributed by atoms with van der Waals surface area (Å²) >= 11 is 0. The second-order valence-corrected chi connectivity index (χ2v) is 5.05. The molecule has 6 nitrogen and oxygen atoms in total. The number of rotatable bonds is 6. The largest absolute Gasteiger partial charge is 0.496 e. The summed E-state index contributed by atoms with van der Waals surface area (Å²) in [5, 5.41) is 2.83. The summed E-state index contributed by atoms with van der Waals surface area (Å²) in [6, 6.07) is 8.50. The van der Waals surface area contributed by atoms with Crippen LogP contribution in [0.5, 0.6) is 23.0 Å². The number of anilines is 1. The van der Waals surface area contributed by atoms with Crippen molar-refractivity contribution >= 4 is 11.6 Å². The second kappa shape index (κ2) is 7.59. The summed E-state index contributed by atoms with van der Waals surface area (Å²) < 4.78 is 21.0. The maximum absolute atomic E-state index is 12.5. The minimum atomic E-state index is -0.292. The number of benzene rings is 2. The fourth-order valence-corrected chi connectivity index (χ4v) is 2.32. The molecule has 2 rings (SSSR count). The van der Waals surface area contributed by atoms with Crippen molar-refractivity contribution in [2.75, 3.05) is 33.8 Å². The van der Waals surface area contributed by atoms with Crippen LogP contribution >= 0.6 is 0 Å². The Bertz CT molecular complexity index is 742. The number of aryl methyl sites for hydroxylation is 1. The van der Waals surface area contributed by atoms with Crippen LogP contribution in [0.15, 0.2) is 30.3 Å². The minimum Gasteiger partial charge on any atom is -0.496 e. The van der Waals surface area contributed by atoms with Crippen molar-refractivity contribution in [1.29, 1.82) is 0 Å². The van der Waals surface area contributed by atoms with E-state index in [1.54, 1.807) is 45.6 Å². The first-order valence-corrected chi connectivity index (χ1v) is 7.30. The van der Waals surface area contributed by atoms with Gasteiger partial charge in [-0.2, -0.15) is 0 Å². The van der Waals surface area contributed by atoms with Crippen molar-refractivity contribution in [3.05, 3.63) is 41.5 Å². The summed E-state index contributed by atoms with van der Waals surface area (Å²) in [5.74, 6) is 1.97. The number of hydrogen-bond donors (Lipinski definition) is 1. The predicted octanol–water partition coefficient (Wildman–Crippen LogP) is 3.28. The Morgan fingerprint density at radius 2 is 1.42 bits per heavy atom. The van der Waals surface area contributed by atoms with Gasteiger partial charge in [0.1, 0.15) is 11.5 Å². The van der Waals surface area contributed by atoms with Gasteiger partial charge in [0, 0.05) is 11.6 Å². The zero-order valence-corrected chi connectivity index (χ0v) is 14.4. The molecule has 2 aromatic rings. The lowest BCUT2D eigenvalue weighted by Crippen LogP contribution is -2.13. The molecule has 0 aliphatic carbocycles. The molecule has 0 unspecified atom stereocenters. The molecule has 128 valence electrons. The lowest BCUT2D eigenvalue weighted by Gasteiger charge is -2.14. The highest BCUT2D eigenvalue weighted by atomic mass is 16.5. The Morgan fingerprint density at radius 1 is 0.792 bits per heavy atom. The maximum atomic E-state index is 12.5. The highest BCUT2D eigenvalue weighted by Gasteiger charge is 2.15. The molecule has 0 fully saturated rings. The van der Waals surface area contributed by atoms with E-state index in [2.05, 4.69) is 5.32 Å². The van der Waals surface area contributed by atoms with Crippen molar-refractivity contribution in [2.45, 2.75) is 6.92 Å². The van der Waals surface area contributed by atoms with Crippen molar-refractivity contribution in [1.82, 2.24) is 0 Å². The smallest absolute Gasteiger partial charge is 0.255 e. The second-order valence-electron chi connectivity index (χ2n) is 5.05. The molecule has 0 aliphatic rings. The van der Waals surface area contributed by atoms with Crippen molar-refractivity contribution in [3.8, 4) is 23.0 Å². The molecule has 0 atom stereocenters. The number of amides is 1. The number of hydrogen-bond acceptors (Lipinski definition) is 5. The van der Waals surface area contributed by atoms with Gasteiger partial charge in [0.15, 0.2) is 11.5 Å².